The fraction of sp³-hybridized carbons (Fsp3) is 0.750. The van der Waals surface area contributed by atoms with Gasteiger partial charge in [0.15, 0.2) is 0 Å². The summed E-state index contributed by atoms with van der Waals surface area (Å²) in [5.74, 6) is -0.0945. The Morgan fingerprint density at radius 1 is 0.500 bits per heavy atom. The van der Waals surface area contributed by atoms with Gasteiger partial charge in [-0.25, -0.2) is 0 Å². The number of amides is 1. The summed E-state index contributed by atoms with van der Waals surface area (Å²) in [6.45, 7) is 4.25. The van der Waals surface area contributed by atoms with Crippen LogP contribution in [0, 0.1) is 0 Å². The van der Waals surface area contributed by atoms with Gasteiger partial charge in [0, 0.05) is 6.42 Å². The van der Waals surface area contributed by atoms with Crippen molar-refractivity contribution in [2.45, 2.75) is 206 Å². The number of carbonyl (C=O) groups excluding carboxylic acids is 1. The van der Waals surface area contributed by atoms with Gasteiger partial charge in [-0.3, -0.25) is 4.79 Å². The van der Waals surface area contributed by atoms with Crippen LogP contribution in [0.15, 0.2) is 60.8 Å². The van der Waals surface area contributed by atoms with E-state index in [1.165, 1.54) is 116 Å². The monoisotopic (exact) mass is 670 g/mol. The first-order valence-corrected chi connectivity index (χ1v) is 20.5. The highest BCUT2D eigenvalue weighted by Crippen LogP contribution is 2.13. The molecule has 0 aromatic heterocycles. The minimum atomic E-state index is -0.877. The van der Waals surface area contributed by atoms with E-state index in [4.69, 9.17) is 0 Å². The van der Waals surface area contributed by atoms with Crippen LogP contribution in [0.2, 0.25) is 0 Å². The van der Waals surface area contributed by atoms with Crippen LogP contribution >= 0.6 is 0 Å². The minimum Gasteiger partial charge on any atom is -0.394 e. The SMILES string of the molecule is CCCCC/C=C\C/C=C\CCCCCCCC(=O)NC(CO)C(O)/C=C/CC/C=C/CC/C=C/CCCCCCCCCCCCC. The second-order valence-electron chi connectivity index (χ2n) is 13.7. The zero-order chi connectivity index (χ0) is 35.0. The van der Waals surface area contributed by atoms with Crippen molar-refractivity contribution in [1.29, 1.82) is 0 Å². The lowest BCUT2D eigenvalue weighted by Crippen LogP contribution is -2.45. The molecule has 4 heteroatoms. The van der Waals surface area contributed by atoms with E-state index in [1.807, 2.05) is 6.08 Å². The number of hydrogen-bond donors (Lipinski definition) is 3. The third-order valence-electron chi connectivity index (χ3n) is 8.95. The summed E-state index contributed by atoms with van der Waals surface area (Å²) >= 11 is 0. The molecule has 0 bridgehead atoms. The predicted octanol–water partition coefficient (Wildman–Crippen LogP) is 12.6. The van der Waals surface area contributed by atoms with Gasteiger partial charge in [0.25, 0.3) is 0 Å². The third-order valence-corrected chi connectivity index (χ3v) is 8.95. The Labute approximate surface area is 298 Å². The Kier molecular flexibility index (Phi) is 38.0. The van der Waals surface area contributed by atoms with Gasteiger partial charge in [0.1, 0.15) is 0 Å². The van der Waals surface area contributed by atoms with Gasteiger partial charge >= 0.3 is 0 Å². The highest BCUT2D eigenvalue weighted by molar-refractivity contribution is 5.76. The van der Waals surface area contributed by atoms with Crippen LogP contribution in [0.25, 0.3) is 0 Å². The molecule has 2 unspecified atom stereocenters. The van der Waals surface area contributed by atoms with Gasteiger partial charge in [-0.1, -0.05) is 171 Å². The molecule has 0 aliphatic heterocycles. The van der Waals surface area contributed by atoms with Gasteiger partial charge in [-0.05, 0) is 77.0 Å². The number of nitrogens with one attached hydrogen (secondary N) is 1. The molecule has 4 nitrogen and oxygen atoms in total. The van der Waals surface area contributed by atoms with Gasteiger partial charge in [0.2, 0.25) is 5.91 Å². The fourth-order valence-electron chi connectivity index (χ4n) is 5.77. The maximum atomic E-state index is 12.3. The van der Waals surface area contributed by atoms with E-state index in [0.29, 0.717) is 6.42 Å². The average Bonchev–Trinajstić information content (AvgIpc) is 3.09. The van der Waals surface area contributed by atoms with Crippen molar-refractivity contribution in [1.82, 2.24) is 5.32 Å². The molecule has 0 aromatic rings. The van der Waals surface area contributed by atoms with Crippen LogP contribution in [0.4, 0.5) is 0 Å². The molecular formula is C44H79NO3. The highest BCUT2D eigenvalue weighted by atomic mass is 16.3. The molecule has 0 saturated carbocycles. The van der Waals surface area contributed by atoms with Crippen LogP contribution in [0.5, 0.6) is 0 Å². The largest absolute Gasteiger partial charge is 0.394 e. The molecule has 48 heavy (non-hydrogen) atoms. The van der Waals surface area contributed by atoms with E-state index in [-0.39, 0.29) is 12.5 Å². The molecule has 0 saturated heterocycles. The number of allylic oxidation sites excluding steroid dienone is 9. The molecule has 1 amide bonds. The Balaban J connectivity index is 3.71. The van der Waals surface area contributed by atoms with E-state index in [2.05, 4.69) is 67.8 Å². The standard InChI is InChI=1S/C44H79NO3/c1-3-5-7-9-11-13-15-17-19-20-21-22-23-24-26-27-29-31-33-35-37-39-43(47)42(41-46)45-44(48)40-38-36-34-32-30-28-25-18-16-14-12-10-8-6-4-2/h12,14,18,23-25,29,31,37,39,42-43,46-47H,3-11,13,15-17,19-22,26-28,30,32-36,38,40-41H2,1-2H3,(H,45,48)/b14-12-,24-23+,25-18-,31-29+,39-37+. The zero-order valence-corrected chi connectivity index (χ0v) is 31.7. The Bertz CT molecular complexity index is 812. The minimum absolute atomic E-state index is 0.0945. The van der Waals surface area contributed by atoms with Crippen molar-refractivity contribution in [3.8, 4) is 0 Å². The van der Waals surface area contributed by atoms with Gasteiger partial charge in [-0.2, -0.15) is 0 Å². The smallest absolute Gasteiger partial charge is 0.220 e. The van der Waals surface area contributed by atoms with Crippen molar-refractivity contribution >= 4 is 5.91 Å². The van der Waals surface area contributed by atoms with E-state index >= 15 is 0 Å². The quantitative estimate of drug-likeness (QED) is 0.0459. The number of aliphatic hydroxyl groups is 2. The molecule has 0 fully saturated rings. The topological polar surface area (TPSA) is 69.6 Å². The van der Waals surface area contributed by atoms with Crippen molar-refractivity contribution in [3.05, 3.63) is 60.8 Å². The van der Waals surface area contributed by atoms with Crippen LogP contribution in [0.1, 0.15) is 194 Å². The first-order valence-electron chi connectivity index (χ1n) is 20.5. The predicted molar refractivity (Wildman–Crippen MR) is 211 cm³/mol. The van der Waals surface area contributed by atoms with E-state index in [9.17, 15) is 15.0 Å². The number of hydrogen-bond acceptors (Lipinski definition) is 3. The summed E-state index contributed by atoms with van der Waals surface area (Å²) in [4.78, 5) is 12.3. The molecule has 0 radical (unpaired) electrons. The van der Waals surface area contributed by atoms with E-state index < -0.39 is 12.1 Å². The van der Waals surface area contributed by atoms with Crippen LogP contribution in [-0.2, 0) is 4.79 Å². The first kappa shape index (κ1) is 46.1. The normalized spacial score (nSPS) is 13.7. The molecular weight excluding hydrogens is 590 g/mol. The zero-order valence-electron chi connectivity index (χ0n) is 31.7. The third kappa shape index (κ3) is 35.4. The number of rotatable bonds is 36. The molecule has 3 N–H and O–H groups in total. The summed E-state index contributed by atoms with van der Waals surface area (Å²) < 4.78 is 0. The molecule has 0 rings (SSSR count). The molecule has 0 heterocycles. The summed E-state index contributed by atoms with van der Waals surface area (Å²) in [6, 6.07) is -0.654. The number of aliphatic hydroxyl groups excluding tert-OH is 2. The summed E-state index contributed by atoms with van der Waals surface area (Å²) in [5.41, 5.74) is 0. The Morgan fingerprint density at radius 3 is 1.38 bits per heavy atom. The fourth-order valence-corrected chi connectivity index (χ4v) is 5.77. The maximum Gasteiger partial charge on any atom is 0.220 e. The summed E-state index contributed by atoms with van der Waals surface area (Å²) in [5, 5.41) is 22.9. The van der Waals surface area contributed by atoms with E-state index in [1.54, 1.807) is 6.08 Å². The molecule has 0 spiro atoms. The molecule has 0 aliphatic carbocycles. The maximum absolute atomic E-state index is 12.3. The van der Waals surface area contributed by atoms with Gasteiger partial charge in [0.05, 0.1) is 18.8 Å². The molecule has 2 atom stereocenters. The first-order chi connectivity index (χ1) is 23.7. The highest BCUT2D eigenvalue weighted by Gasteiger charge is 2.17. The molecule has 278 valence electrons. The molecule has 0 aromatic carbocycles. The number of carbonyl (C=O) groups is 1. The second kappa shape index (κ2) is 39.5. The average molecular weight is 670 g/mol. The van der Waals surface area contributed by atoms with Crippen molar-refractivity contribution in [3.63, 3.8) is 0 Å². The van der Waals surface area contributed by atoms with Crippen molar-refractivity contribution in [2.24, 2.45) is 0 Å². The van der Waals surface area contributed by atoms with Crippen molar-refractivity contribution in [2.75, 3.05) is 6.61 Å². The van der Waals surface area contributed by atoms with Gasteiger partial charge < -0.3 is 15.5 Å². The van der Waals surface area contributed by atoms with E-state index in [0.717, 1.165) is 57.8 Å². The Morgan fingerprint density at radius 2 is 0.875 bits per heavy atom. The Hall–Kier alpha value is -1.91. The van der Waals surface area contributed by atoms with Crippen molar-refractivity contribution < 1.29 is 15.0 Å². The second-order valence-corrected chi connectivity index (χ2v) is 13.7. The summed E-state index contributed by atoms with van der Waals surface area (Å²) in [6.07, 6.45) is 54.6. The van der Waals surface area contributed by atoms with Crippen LogP contribution in [-0.4, -0.2) is 34.9 Å². The lowest BCUT2D eigenvalue weighted by atomic mass is 10.1. The summed E-state index contributed by atoms with van der Waals surface area (Å²) in [7, 11) is 0. The van der Waals surface area contributed by atoms with Crippen LogP contribution in [0.3, 0.4) is 0 Å². The lowest BCUT2D eigenvalue weighted by Gasteiger charge is -2.19. The van der Waals surface area contributed by atoms with Crippen LogP contribution < -0.4 is 5.32 Å². The lowest BCUT2D eigenvalue weighted by molar-refractivity contribution is -0.123. The molecule has 0 aliphatic rings. The van der Waals surface area contributed by atoms with Gasteiger partial charge in [-0.15, -0.1) is 0 Å². The number of unbranched alkanes of at least 4 members (excludes halogenated alkanes) is 21.